The van der Waals surface area contributed by atoms with Crippen LogP contribution in [0.5, 0.6) is 0 Å². The van der Waals surface area contributed by atoms with Crippen molar-refractivity contribution in [3.8, 4) is 0 Å². The minimum atomic E-state index is -0.0161. The van der Waals surface area contributed by atoms with Crippen LogP contribution in [0.2, 0.25) is 5.02 Å². The molecule has 5 heteroatoms. The van der Waals surface area contributed by atoms with Crippen molar-refractivity contribution in [3.05, 3.63) is 53.1 Å². The van der Waals surface area contributed by atoms with Gasteiger partial charge in [-0.2, -0.15) is 0 Å². The second-order valence-corrected chi connectivity index (χ2v) is 4.41. The van der Waals surface area contributed by atoms with Crippen molar-refractivity contribution < 1.29 is 14.6 Å². The van der Waals surface area contributed by atoms with E-state index in [2.05, 4.69) is 0 Å². The Hall–Kier alpha value is -1.81. The average Bonchev–Trinajstić information content (AvgIpc) is 2.70. The fourth-order valence-electron chi connectivity index (χ4n) is 1.84. The molecule has 0 aliphatic rings. The Balaban J connectivity index is 2.18. The lowest BCUT2D eigenvalue weighted by molar-refractivity contribution is -0.691. The molecule has 2 aromatic rings. The Bertz CT molecular complexity index is 561. The smallest absolute Gasteiger partial charge is 0.296 e. The zero-order valence-electron chi connectivity index (χ0n) is 10.0. The molecule has 0 saturated carbocycles. The summed E-state index contributed by atoms with van der Waals surface area (Å²) in [6.07, 6.45) is 3.86. The first-order chi connectivity index (χ1) is 8.61. The van der Waals surface area contributed by atoms with Crippen molar-refractivity contribution in [2.24, 2.45) is 0 Å². The van der Waals surface area contributed by atoms with Gasteiger partial charge < -0.3 is 5.21 Å². The molecule has 0 unspecified atom stereocenters. The fraction of sp³-hybridized carbons (Fsp3) is 0.231. The van der Waals surface area contributed by atoms with E-state index >= 15 is 0 Å². The van der Waals surface area contributed by atoms with E-state index in [1.165, 1.54) is 6.20 Å². The quantitative estimate of drug-likeness (QED) is 0.523. The van der Waals surface area contributed by atoms with Crippen molar-refractivity contribution in [2.45, 2.75) is 19.9 Å². The number of rotatable bonds is 4. The third-order valence-corrected chi connectivity index (χ3v) is 3.03. The summed E-state index contributed by atoms with van der Waals surface area (Å²) in [6.45, 7) is 2.13. The van der Waals surface area contributed by atoms with Gasteiger partial charge in [0.15, 0.2) is 12.7 Å². The number of halogens is 1. The predicted octanol–water partition coefficient (Wildman–Crippen LogP) is 2.11. The summed E-state index contributed by atoms with van der Waals surface area (Å²) in [7, 11) is 0. The number of hydrogen-bond acceptors (Lipinski definition) is 2. The van der Waals surface area contributed by atoms with E-state index in [1.807, 2.05) is 6.92 Å². The molecule has 0 bridgehead atoms. The monoisotopic (exact) mass is 265 g/mol. The predicted molar refractivity (Wildman–Crippen MR) is 67.0 cm³/mol. The summed E-state index contributed by atoms with van der Waals surface area (Å²) in [6, 6.07) is 6.79. The van der Waals surface area contributed by atoms with Crippen LogP contribution in [0.3, 0.4) is 0 Å². The maximum atomic E-state index is 12.0. The summed E-state index contributed by atoms with van der Waals surface area (Å²) >= 11 is 5.77. The first-order valence-electron chi connectivity index (χ1n) is 5.69. The van der Waals surface area contributed by atoms with Crippen LogP contribution < -0.4 is 4.57 Å². The molecule has 0 atom stereocenters. The molecular formula is C13H14ClN2O2+. The highest BCUT2D eigenvalue weighted by atomic mass is 35.5. The highest BCUT2D eigenvalue weighted by Crippen LogP contribution is 2.10. The molecule has 0 fully saturated rings. The van der Waals surface area contributed by atoms with E-state index in [0.717, 1.165) is 4.73 Å². The maximum Gasteiger partial charge on any atom is 0.296 e. The Morgan fingerprint density at radius 3 is 2.67 bits per heavy atom. The molecular weight excluding hydrogens is 252 g/mol. The van der Waals surface area contributed by atoms with E-state index in [0.29, 0.717) is 22.8 Å². The van der Waals surface area contributed by atoms with Gasteiger partial charge in [0.2, 0.25) is 5.78 Å². The molecule has 0 aliphatic carbocycles. The third-order valence-electron chi connectivity index (χ3n) is 2.78. The molecule has 4 nitrogen and oxygen atoms in total. The second kappa shape index (κ2) is 5.23. The first kappa shape index (κ1) is 12.6. The Kier molecular flexibility index (Phi) is 3.67. The zero-order valence-corrected chi connectivity index (χ0v) is 10.8. The minimum absolute atomic E-state index is 0.0161. The summed E-state index contributed by atoms with van der Waals surface area (Å²) < 4.78 is 2.77. The van der Waals surface area contributed by atoms with Crippen molar-refractivity contribution in [3.63, 3.8) is 0 Å². The number of carbonyl (C=O) groups excluding carboxylic acids is 1. The number of imidazole rings is 1. The van der Waals surface area contributed by atoms with Gasteiger partial charge in [0.25, 0.3) is 5.82 Å². The number of nitrogens with zero attached hydrogens (tertiary/aromatic N) is 2. The highest BCUT2D eigenvalue weighted by molar-refractivity contribution is 6.30. The molecule has 1 aromatic carbocycles. The molecule has 0 aliphatic heterocycles. The molecule has 1 N–H and O–H groups in total. The van der Waals surface area contributed by atoms with Crippen molar-refractivity contribution in [1.29, 1.82) is 0 Å². The number of ketones is 1. The van der Waals surface area contributed by atoms with Gasteiger partial charge >= 0.3 is 0 Å². The molecule has 0 radical (unpaired) electrons. The van der Waals surface area contributed by atoms with E-state index in [-0.39, 0.29) is 12.3 Å². The molecule has 1 aromatic heterocycles. The molecule has 2 rings (SSSR count). The summed E-state index contributed by atoms with van der Waals surface area (Å²) in [5, 5.41) is 10.1. The molecule has 0 spiro atoms. The van der Waals surface area contributed by atoms with Crippen molar-refractivity contribution >= 4 is 17.4 Å². The van der Waals surface area contributed by atoms with E-state index in [9.17, 15) is 10.0 Å². The number of Topliss-reactive ketones (excluding diaryl/α,β-unsaturated/α-hetero) is 1. The van der Waals surface area contributed by atoms with Crippen LogP contribution in [0, 0.1) is 0 Å². The van der Waals surface area contributed by atoms with Crippen molar-refractivity contribution in [1.82, 2.24) is 4.73 Å². The van der Waals surface area contributed by atoms with E-state index in [4.69, 9.17) is 11.6 Å². The average molecular weight is 266 g/mol. The SMILES string of the molecule is CCc1n(O)cc[n+]1CC(=O)c1ccc(Cl)cc1. The fourth-order valence-corrected chi connectivity index (χ4v) is 1.96. The van der Waals surface area contributed by atoms with Crippen LogP contribution in [0.4, 0.5) is 0 Å². The van der Waals surface area contributed by atoms with Crippen LogP contribution in [-0.4, -0.2) is 15.7 Å². The van der Waals surface area contributed by atoms with Crippen molar-refractivity contribution in [2.75, 3.05) is 0 Å². The van der Waals surface area contributed by atoms with E-state index in [1.54, 1.807) is 35.0 Å². The summed E-state index contributed by atoms with van der Waals surface area (Å²) in [4.78, 5) is 12.0. The highest BCUT2D eigenvalue weighted by Gasteiger charge is 2.18. The first-order valence-corrected chi connectivity index (χ1v) is 6.07. The Morgan fingerprint density at radius 2 is 2.06 bits per heavy atom. The van der Waals surface area contributed by atoms with Crippen LogP contribution in [-0.2, 0) is 13.0 Å². The normalized spacial score (nSPS) is 10.6. The minimum Gasteiger partial charge on any atom is -0.350 e. The third kappa shape index (κ3) is 2.54. The Morgan fingerprint density at radius 1 is 1.39 bits per heavy atom. The Labute approximate surface area is 110 Å². The number of aromatic nitrogens is 2. The zero-order chi connectivity index (χ0) is 13.1. The van der Waals surface area contributed by atoms with E-state index < -0.39 is 0 Å². The van der Waals surface area contributed by atoms with Crippen LogP contribution >= 0.6 is 11.6 Å². The topological polar surface area (TPSA) is 46.1 Å². The molecule has 94 valence electrons. The van der Waals surface area contributed by atoms with Crippen LogP contribution in [0.25, 0.3) is 0 Å². The van der Waals surface area contributed by atoms with Crippen LogP contribution in [0.15, 0.2) is 36.7 Å². The standard InChI is InChI=1S/C13H14ClN2O2/c1-2-13-15(7-8-16(13)18)9-12(17)10-3-5-11(14)6-4-10/h3-8,18H,2,9H2,1H3/q+1. The molecule has 18 heavy (non-hydrogen) atoms. The second-order valence-electron chi connectivity index (χ2n) is 3.97. The molecule has 0 saturated heterocycles. The largest absolute Gasteiger partial charge is 0.350 e. The van der Waals surface area contributed by atoms with Gasteiger partial charge in [-0.05, 0) is 24.3 Å². The maximum absolute atomic E-state index is 12.0. The lowest BCUT2D eigenvalue weighted by Gasteiger charge is -2.01. The lowest BCUT2D eigenvalue weighted by Crippen LogP contribution is -2.40. The van der Waals surface area contributed by atoms with Gasteiger partial charge in [0.1, 0.15) is 6.20 Å². The molecule has 1 heterocycles. The lowest BCUT2D eigenvalue weighted by atomic mass is 10.1. The number of benzene rings is 1. The van der Waals surface area contributed by atoms with Gasteiger partial charge in [-0.25, -0.2) is 4.57 Å². The molecule has 0 amide bonds. The van der Waals surface area contributed by atoms with Gasteiger partial charge in [0.05, 0.1) is 6.42 Å². The van der Waals surface area contributed by atoms with Gasteiger partial charge in [0, 0.05) is 10.6 Å². The summed E-state index contributed by atoms with van der Waals surface area (Å²) in [5.74, 6) is 0.676. The van der Waals surface area contributed by atoms with Gasteiger partial charge in [-0.15, -0.1) is 0 Å². The number of carbonyl (C=O) groups is 1. The van der Waals surface area contributed by atoms with Crippen LogP contribution in [0.1, 0.15) is 23.1 Å². The summed E-state index contributed by atoms with van der Waals surface area (Å²) in [5.41, 5.74) is 0.611. The van der Waals surface area contributed by atoms with Gasteiger partial charge in [-0.1, -0.05) is 23.3 Å². The number of hydrogen-bond donors (Lipinski definition) is 1. The van der Waals surface area contributed by atoms with Gasteiger partial charge in [-0.3, -0.25) is 4.79 Å².